The maximum Gasteiger partial charge on any atom is 0.383 e. The van der Waals surface area contributed by atoms with Gasteiger partial charge in [-0.25, -0.2) is 14.0 Å². The third-order valence-electron chi connectivity index (χ3n) is 4.70. The highest BCUT2D eigenvalue weighted by Crippen LogP contribution is 2.37. The van der Waals surface area contributed by atoms with E-state index in [0.29, 0.717) is 28.9 Å². The van der Waals surface area contributed by atoms with Crippen molar-refractivity contribution in [2.24, 2.45) is 0 Å². The predicted molar refractivity (Wildman–Crippen MR) is 115 cm³/mol. The number of benzene rings is 1. The van der Waals surface area contributed by atoms with Crippen LogP contribution in [-0.4, -0.2) is 30.7 Å². The van der Waals surface area contributed by atoms with Gasteiger partial charge in [0.05, 0.1) is 30.4 Å². The van der Waals surface area contributed by atoms with Crippen molar-refractivity contribution in [3.05, 3.63) is 69.1 Å². The minimum absolute atomic E-state index is 0.229. The molecule has 0 N–H and O–H groups in total. The Balaban J connectivity index is 0.000000401. The smallest absolute Gasteiger partial charge is 0.383 e. The number of fused-ring (bicyclic) bond motifs is 3. The van der Waals surface area contributed by atoms with Gasteiger partial charge in [-0.1, -0.05) is 12.1 Å². The van der Waals surface area contributed by atoms with E-state index in [0.717, 1.165) is 16.9 Å². The van der Waals surface area contributed by atoms with E-state index in [1.54, 1.807) is 22.6 Å². The zero-order valence-electron chi connectivity index (χ0n) is 16.8. The number of pyridine rings is 1. The van der Waals surface area contributed by atoms with Crippen molar-refractivity contribution in [1.29, 1.82) is 0 Å². The predicted octanol–water partition coefficient (Wildman–Crippen LogP) is 3.52. The van der Waals surface area contributed by atoms with Crippen molar-refractivity contribution in [3.8, 4) is 34.0 Å². The molecule has 3 heterocycles. The molecule has 0 fully saturated rings. The van der Waals surface area contributed by atoms with Crippen LogP contribution in [0, 0.1) is 18.2 Å². The van der Waals surface area contributed by atoms with E-state index < -0.39 is 17.8 Å². The Kier molecular flexibility index (Phi) is 6.68. The van der Waals surface area contributed by atoms with Crippen LogP contribution in [0.3, 0.4) is 0 Å². The van der Waals surface area contributed by atoms with Crippen LogP contribution in [0.5, 0.6) is 0 Å². The zero-order chi connectivity index (χ0) is 22.5. The van der Waals surface area contributed by atoms with Gasteiger partial charge in [0.1, 0.15) is 5.82 Å². The van der Waals surface area contributed by atoms with Gasteiger partial charge in [-0.3, -0.25) is 4.79 Å². The van der Waals surface area contributed by atoms with Gasteiger partial charge < -0.3 is 14.0 Å². The molecule has 0 amide bonds. The van der Waals surface area contributed by atoms with Crippen LogP contribution in [0.15, 0.2) is 46.6 Å². The number of ether oxygens (including phenoxy) is 2. The summed E-state index contributed by atoms with van der Waals surface area (Å²) < 4.78 is 24.2. The lowest BCUT2D eigenvalue weighted by Crippen LogP contribution is -2.29. The molecule has 8 heteroatoms. The van der Waals surface area contributed by atoms with Gasteiger partial charge in [0, 0.05) is 18.0 Å². The first-order valence-electron chi connectivity index (χ1n) is 9.14. The van der Waals surface area contributed by atoms with Crippen LogP contribution in [0.4, 0.5) is 4.39 Å². The van der Waals surface area contributed by atoms with Gasteiger partial charge in [-0.05, 0) is 47.2 Å². The summed E-state index contributed by atoms with van der Waals surface area (Å²) in [5, 5.41) is 1.95. The Labute approximate surface area is 181 Å². The molecule has 6 nitrogen and oxygen atoms in total. The van der Waals surface area contributed by atoms with Crippen LogP contribution < -0.4 is 5.56 Å². The van der Waals surface area contributed by atoms with Gasteiger partial charge >= 0.3 is 11.9 Å². The number of carbonyl (C=O) groups is 2. The Hall–Kier alpha value is -3.70. The fraction of sp³-hybridized carbons (Fsp3) is 0.174. The number of nitrogens with zero attached hydrogens (tertiary/aromatic N) is 1. The summed E-state index contributed by atoms with van der Waals surface area (Å²) in [5.41, 5.74) is 2.55. The van der Waals surface area contributed by atoms with Gasteiger partial charge in [-0.15, -0.1) is 17.8 Å². The Morgan fingerprint density at radius 2 is 1.97 bits per heavy atom. The zero-order valence-corrected chi connectivity index (χ0v) is 17.6. The lowest BCUT2D eigenvalue weighted by atomic mass is 9.98. The van der Waals surface area contributed by atoms with Crippen molar-refractivity contribution < 1.29 is 23.5 Å². The molecule has 0 saturated heterocycles. The summed E-state index contributed by atoms with van der Waals surface area (Å²) in [6.45, 7) is 0.477. The number of aromatic nitrogens is 1. The van der Waals surface area contributed by atoms with Crippen LogP contribution in [0.1, 0.15) is 15.9 Å². The number of thiophene rings is 1. The molecule has 1 aliphatic heterocycles. The summed E-state index contributed by atoms with van der Waals surface area (Å²) in [6, 6.07) is 9.35. The molecule has 1 aromatic carbocycles. The first kappa shape index (κ1) is 22.0. The van der Waals surface area contributed by atoms with E-state index in [1.807, 2.05) is 11.4 Å². The average Bonchev–Trinajstić information content (AvgIpc) is 3.27. The van der Waals surface area contributed by atoms with Gasteiger partial charge in [0.2, 0.25) is 0 Å². The van der Waals surface area contributed by atoms with Crippen molar-refractivity contribution in [1.82, 2.24) is 4.57 Å². The maximum absolute atomic E-state index is 13.6. The monoisotopic (exact) mass is 439 g/mol. The number of hydrogen-bond donors (Lipinski definition) is 0. The number of methoxy groups -OCH3 is 2. The van der Waals surface area contributed by atoms with Gasteiger partial charge in [-0.2, -0.15) is 0 Å². The fourth-order valence-corrected chi connectivity index (χ4v) is 4.31. The molecule has 4 rings (SSSR count). The van der Waals surface area contributed by atoms with Crippen molar-refractivity contribution in [3.63, 3.8) is 0 Å². The third-order valence-corrected chi connectivity index (χ3v) is 5.66. The molecular weight excluding hydrogens is 421 g/mol. The van der Waals surface area contributed by atoms with Crippen LogP contribution in [0.25, 0.3) is 21.7 Å². The molecule has 0 saturated carbocycles. The highest BCUT2D eigenvalue weighted by molar-refractivity contribution is 7.13. The molecule has 31 heavy (non-hydrogen) atoms. The van der Waals surface area contributed by atoms with Crippen molar-refractivity contribution >= 4 is 23.3 Å². The number of rotatable bonds is 2. The quantitative estimate of drug-likeness (QED) is 0.347. The second kappa shape index (κ2) is 9.41. The van der Waals surface area contributed by atoms with Gasteiger partial charge in [0.25, 0.3) is 5.56 Å². The first-order valence-corrected chi connectivity index (χ1v) is 10.0. The number of carbonyl (C=O) groups excluding carboxylic acids is 2. The maximum atomic E-state index is 13.6. The molecule has 2 aromatic heterocycles. The van der Waals surface area contributed by atoms with Crippen LogP contribution >= 0.6 is 11.3 Å². The highest BCUT2D eigenvalue weighted by Gasteiger charge is 2.27. The second-order valence-electron chi connectivity index (χ2n) is 6.44. The lowest BCUT2D eigenvalue weighted by molar-refractivity contribution is -0.133. The van der Waals surface area contributed by atoms with Crippen molar-refractivity contribution in [2.45, 2.75) is 13.0 Å². The molecule has 0 spiro atoms. The largest absolute Gasteiger partial charge is 0.465 e. The van der Waals surface area contributed by atoms with Gasteiger partial charge in [0.15, 0.2) is 0 Å². The average molecular weight is 439 g/mol. The van der Waals surface area contributed by atoms with E-state index in [9.17, 15) is 18.8 Å². The highest BCUT2D eigenvalue weighted by atomic mass is 32.1. The standard InChI is InChI=1S/C19H14FNO3S.C4H4O2/c1-24-19(23)15-10-14(12-3-2-4-13(20)9-12)18(22)21-7-5-11-6-8-25-17(11)16(15)21;1-3-4(5)6-2/h2-4,6,8-10H,5,7H2,1H3;1H,2H3. The number of terminal acetylenes is 1. The van der Waals surface area contributed by atoms with E-state index in [2.05, 4.69) is 11.2 Å². The molecule has 0 aliphatic carbocycles. The van der Waals surface area contributed by atoms with Crippen LogP contribution in [-0.2, 0) is 27.2 Å². The first-order chi connectivity index (χ1) is 14.9. The second-order valence-corrected chi connectivity index (χ2v) is 7.36. The minimum Gasteiger partial charge on any atom is -0.465 e. The van der Waals surface area contributed by atoms with E-state index >= 15 is 0 Å². The Bertz CT molecular complexity index is 1250. The Morgan fingerprint density at radius 1 is 1.19 bits per heavy atom. The van der Waals surface area contributed by atoms with Crippen LogP contribution in [0.2, 0.25) is 0 Å². The fourth-order valence-electron chi connectivity index (χ4n) is 3.28. The summed E-state index contributed by atoms with van der Waals surface area (Å²) in [4.78, 5) is 36.0. The SMILES string of the molecule is C#CC(=O)OC.COC(=O)c1cc(-c2cccc(F)c2)c(=O)n2c1-c1sccc1CC2. The third kappa shape index (κ3) is 4.42. The number of hydrogen-bond acceptors (Lipinski definition) is 6. The topological polar surface area (TPSA) is 74.6 Å². The summed E-state index contributed by atoms with van der Waals surface area (Å²) >= 11 is 1.50. The van der Waals surface area contributed by atoms with Crippen molar-refractivity contribution in [2.75, 3.05) is 14.2 Å². The molecule has 0 unspecified atom stereocenters. The summed E-state index contributed by atoms with van der Waals surface area (Å²) in [5.74, 6) is 0.182. The molecule has 0 atom stereocenters. The summed E-state index contributed by atoms with van der Waals surface area (Å²) in [7, 11) is 2.55. The molecule has 3 aromatic rings. The molecular formula is C23H18FNO5S. The normalized spacial score (nSPS) is 11.2. The molecule has 0 bridgehead atoms. The van der Waals surface area contributed by atoms with E-state index in [4.69, 9.17) is 4.74 Å². The minimum atomic E-state index is -0.630. The van der Waals surface area contributed by atoms with E-state index in [-0.39, 0.29) is 5.56 Å². The summed E-state index contributed by atoms with van der Waals surface area (Å²) in [6.07, 6.45) is 5.28. The molecule has 0 radical (unpaired) electrons. The number of esters is 2. The lowest BCUT2D eigenvalue weighted by Gasteiger charge is -2.22. The molecule has 158 valence electrons. The number of halogens is 1. The number of aryl methyl sites for hydroxylation is 1. The van der Waals surface area contributed by atoms with E-state index in [1.165, 1.54) is 43.8 Å². The molecule has 1 aliphatic rings. The Morgan fingerprint density at radius 3 is 2.58 bits per heavy atom.